The van der Waals surface area contributed by atoms with Crippen LogP contribution in [0.1, 0.15) is 106 Å². The van der Waals surface area contributed by atoms with Crippen LogP contribution in [0.25, 0.3) is 0 Å². The number of aliphatic hydroxyl groups is 1. The molecule has 188 valence electrons. The van der Waals surface area contributed by atoms with E-state index in [-0.39, 0.29) is 28.3 Å². The van der Waals surface area contributed by atoms with Crippen molar-refractivity contribution in [1.29, 1.82) is 0 Å². The largest absolute Gasteiger partial charge is 0.481 e. The van der Waals surface area contributed by atoms with Crippen LogP contribution in [0.2, 0.25) is 0 Å². The fraction of sp³-hybridized carbons (Fsp3) is 0.897. The molecule has 0 saturated heterocycles. The van der Waals surface area contributed by atoms with Crippen molar-refractivity contribution in [1.82, 2.24) is 0 Å². The van der Waals surface area contributed by atoms with Crippen LogP contribution in [0.5, 0.6) is 0 Å². The summed E-state index contributed by atoms with van der Waals surface area (Å²) in [6, 6.07) is 0. The zero-order valence-electron chi connectivity index (χ0n) is 22.0. The molecule has 33 heavy (non-hydrogen) atoms. The molecule has 0 heterocycles. The van der Waals surface area contributed by atoms with Crippen LogP contribution in [0, 0.1) is 45.3 Å². The highest BCUT2D eigenvalue weighted by atomic mass is 31.0. The first-order valence-electron chi connectivity index (χ1n) is 13.6. The van der Waals surface area contributed by atoms with Gasteiger partial charge in [0.25, 0.3) is 0 Å². The van der Waals surface area contributed by atoms with E-state index in [0.717, 1.165) is 57.8 Å². The van der Waals surface area contributed by atoms with Gasteiger partial charge in [0.15, 0.2) is 0 Å². The topological polar surface area (TPSA) is 57.5 Å². The van der Waals surface area contributed by atoms with E-state index in [0.29, 0.717) is 23.4 Å². The lowest BCUT2D eigenvalue weighted by Gasteiger charge is -2.60. The Balaban J connectivity index is 1.72. The number of carboxylic acids is 1. The summed E-state index contributed by atoms with van der Waals surface area (Å²) in [6.07, 6.45) is 12.3. The first-order chi connectivity index (χ1) is 15.2. The third kappa shape index (κ3) is 4.16. The number of hydrogen-bond acceptors (Lipinski definition) is 2. The van der Waals surface area contributed by atoms with E-state index >= 15 is 0 Å². The normalized spacial score (nSPS) is 47.3. The van der Waals surface area contributed by atoms with Gasteiger partial charge in [0.2, 0.25) is 0 Å². The maximum Gasteiger partial charge on any atom is 0.310 e. The molecule has 0 amide bonds. The number of aliphatic carboxylic acids is 1. The standard InChI is InChI=1S/C29H49O3P/c1-18-7-10-23(30)27(4,5)24(33)12-13-28(6)20(18)9-8-19-21(28)11-14-29(25(31)32)16-15-26(2,3)17-22(19)29/h8,18,20-24,30H,7,9-17,33H2,1-6H3,(H,31,32)/t18?,20?,21?,22-,23?,24?,28+,29+/m0/s1. The van der Waals surface area contributed by atoms with Gasteiger partial charge in [0.1, 0.15) is 0 Å². The number of carbonyl (C=O) groups is 1. The highest BCUT2D eigenvalue weighted by molar-refractivity contribution is 7.17. The first kappa shape index (κ1) is 25.7. The van der Waals surface area contributed by atoms with Gasteiger partial charge in [-0.2, -0.15) is 0 Å². The maximum absolute atomic E-state index is 12.7. The summed E-state index contributed by atoms with van der Waals surface area (Å²) in [4.78, 5) is 12.7. The zero-order chi connectivity index (χ0) is 24.4. The van der Waals surface area contributed by atoms with E-state index in [2.05, 4.69) is 56.9 Å². The Morgan fingerprint density at radius 2 is 1.67 bits per heavy atom. The molecule has 0 aromatic carbocycles. The maximum atomic E-state index is 12.7. The Bertz CT molecular complexity index is 801. The molecule has 6 unspecified atom stereocenters. The first-order valence-corrected chi connectivity index (χ1v) is 14.3. The molecule has 0 bridgehead atoms. The minimum atomic E-state index is -0.547. The van der Waals surface area contributed by atoms with E-state index in [1.807, 2.05) is 0 Å². The number of fused-ring (bicyclic) bond motifs is 5. The van der Waals surface area contributed by atoms with E-state index in [4.69, 9.17) is 0 Å². The SMILES string of the molecule is CC1CCC(O)C(C)(C)C(P)CC[C@@]2(C)C3CC[C@@]4(C(=O)O)CCC(C)(C)C[C@H]4C3=CCC12. The van der Waals surface area contributed by atoms with Gasteiger partial charge in [-0.05, 0) is 110 Å². The Kier molecular flexibility index (Phi) is 6.71. The lowest BCUT2D eigenvalue weighted by atomic mass is 9.44. The molecule has 0 radical (unpaired) electrons. The summed E-state index contributed by atoms with van der Waals surface area (Å²) in [5.74, 6) is 1.36. The third-order valence-corrected chi connectivity index (χ3v) is 12.6. The average molecular weight is 477 g/mol. The number of allylic oxidation sites excluding steroid dienone is 2. The van der Waals surface area contributed by atoms with Crippen LogP contribution in [0.15, 0.2) is 11.6 Å². The summed E-state index contributed by atoms with van der Waals surface area (Å²) >= 11 is 0. The van der Waals surface area contributed by atoms with Crippen LogP contribution in [-0.2, 0) is 4.79 Å². The second-order valence-electron chi connectivity index (χ2n) is 14.1. The van der Waals surface area contributed by atoms with E-state index in [1.54, 1.807) is 0 Å². The van der Waals surface area contributed by atoms with Crippen molar-refractivity contribution in [3.8, 4) is 0 Å². The predicted molar refractivity (Wildman–Crippen MR) is 139 cm³/mol. The van der Waals surface area contributed by atoms with Gasteiger partial charge in [-0.15, -0.1) is 9.24 Å². The zero-order valence-corrected chi connectivity index (χ0v) is 23.1. The molecule has 2 N–H and O–H groups in total. The van der Waals surface area contributed by atoms with Crippen molar-refractivity contribution < 1.29 is 15.0 Å². The van der Waals surface area contributed by atoms with Crippen molar-refractivity contribution in [2.45, 2.75) is 118 Å². The molecule has 9 atom stereocenters. The molecular formula is C29H49O3P. The molecule has 4 rings (SSSR count). The molecule has 4 heteroatoms. The molecule has 3 nitrogen and oxygen atoms in total. The van der Waals surface area contributed by atoms with Gasteiger partial charge >= 0.3 is 5.97 Å². The molecule has 0 aromatic rings. The number of aliphatic hydroxyl groups excluding tert-OH is 1. The highest BCUT2D eigenvalue weighted by Crippen LogP contribution is 2.65. The average Bonchev–Trinajstić information content (AvgIpc) is 2.74. The summed E-state index contributed by atoms with van der Waals surface area (Å²) in [5, 5.41) is 21.4. The number of rotatable bonds is 1. The quantitative estimate of drug-likeness (QED) is 0.314. The lowest BCUT2D eigenvalue weighted by Crippen LogP contribution is -2.54. The van der Waals surface area contributed by atoms with Gasteiger partial charge in [-0.3, -0.25) is 4.79 Å². The predicted octanol–water partition coefficient (Wildman–Crippen LogP) is 7.09. The third-order valence-electron chi connectivity index (χ3n) is 11.4. The molecule has 0 aliphatic heterocycles. The molecule has 0 spiro atoms. The van der Waals surface area contributed by atoms with Crippen molar-refractivity contribution in [3.05, 3.63) is 11.6 Å². The summed E-state index contributed by atoms with van der Waals surface area (Å²) in [7, 11) is 3.07. The van der Waals surface area contributed by atoms with Gasteiger partial charge in [-0.1, -0.05) is 53.2 Å². The van der Waals surface area contributed by atoms with Gasteiger partial charge in [0.05, 0.1) is 11.5 Å². The molecule has 3 saturated carbocycles. The second kappa shape index (κ2) is 8.62. The minimum absolute atomic E-state index is 0.0979. The van der Waals surface area contributed by atoms with Crippen LogP contribution in [0.4, 0.5) is 0 Å². The molecular weight excluding hydrogens is 427 g/mol. The number of carboxylic acid groups (broad SMARTS) is 1. The van der Waals surface area contributed by atoms with Gasteiger partial charge < -0.3 is 10.2 Å². The number of hydrogen-bond donors (Lipinski definition) is 2. The van der Waals surface area contributed by atoms with Crippen molar-refractivity contribution in [2.75, 3.05) is 0 Å². The highest BCUT2D eigenvalue weighted by Gasteiger charge is 2.60. The van der Waals surface area contributed by atoms with Crippen molar-refractivity contribution in [2.24, 2.45) is 45.3 Å². The van der Waals surface area contributed by atoms with Crippen LogP contribution < -0.4 is 0 Å². The van der Waals surface area contributed by atoms with E-state index < -0.39 is 11.4 Å². The smallest absolute Gasteiger partial charge is 0.310 e. The van der Waals surface area contributed by atoms with Crippen LogP contribution in [0.3, 0.4) is 0 Å². The van der Waals surface area contributed by atoms with Crippen molar-refractivity contribution in [3.63, 3.8) is 0 Å². The second-order valence-corrected chi connectivity index (χ2v) is 14.9. The fourth-order valence-corrected chi connectivity index (χ4v) is 8.99. The van der Waals surface area contributed by atoms with E-state index in [1.165, 1.54) is 12.0 Å². The lowest BCUT2D eigenvalue weighted by molar-refractivity contribution is -0.161. The fourth-order valence-electron chi connectivity index (χ4n) is 8.60. The Hall–Kier alpha value is -0.400. The molecule has 4 aliphatic carbocycles. The minimum Gasteiger partial charge on any atom is -0.481 e. The van der Waals surface area contributed by atoms with Crippen LogP contribution >= 0.6 is 9.24 Å². The van der Waals surface area contributed by atoms with Crippen LogP contribution in [-0.4, -0.2) is 27.9 Å². The molecule has 3 fully saturated rings. The summed E-state index contributed by atoms with van der Waals surface area (Å²) in [6.45, 7) is 14.1. The Morgan fingerprint density at radius 3 is 2.33 bits per heavy atom. The summed E-state index contributed by atoms with van der Waals surface area (Å²) < 4.78 is 0. The van der Waals surface area contributed by atoms with E-state index in [9.17, 15) is 15.0 Å². The van der Waals surface area contributed by atoms with Gasteiger partial charge in [-0.25, -0.2) is 0 Å². The summed E-state index contributed by atoms with van der Waals surface area (Å²) in [5.41, 5.74) is 1.70. The van der Waals surface area contributed by atoms with Crippen molar-refractivity contribution >= 4 is 15.2 Å². The Labute approximate surface area is 204 Å². The monoisotopic (exact) mass is 476 g/mol. The van der Waals surface area contributed by atoms with Gasteiger partial charge in [0, 0.05) is 0 Å². The molecule has 4 aliphatic rings. The molecule has 0 aromatic heterocycles. The Morgan fingerprint density at radius 1 is 0.970 bits per heavy atom.